The summed E-state index contributed by atoms with van der Waals surface area (Å²) in [5.74, 6) is -1.44. The zero-order valence-corrected chi connectivity index (χ0v) is 17.3. The van der Waals surface area contributed by atoms with E-state index in [1.165, 1.54) is 6.20 Å². The van der Waals surface area contributed by atoms with Gasteiger partial charge in [-0.05, 0) is 38.4 Å². The molecule has 0 unspecified atom stereocenters. The minimum atomic E-state index is -0.727. The molecule has 146 valence electrons. The second kappa shape index (κ2) is 9.05. The molecule has 27 heavy (non-hydrogen) atoms. The van der Waals surface area contributed by atoms with E-state index in [1.807, 2.05) is 31.1 Å². The number of anilines is 2. The van der Waals surface area contributed by atoms with Crippen molar-refractivity contribution in [1.29, 1.82) is 0 Å². The quantitative estimate of drug-likeness (QED) is 0.587. The van der Waals surface area contributed by atoms with E-state index in [4.69, 9.17) is 0 Å². The normalized spacial score (nSPS) is 11.5. The fraction of sp³-hybridized carbons (Fsp3) is 0.421. The number of carbonyl (C=O) groups is 2. The summed E-state index contributed by atoms with van der Waals surface area (Å²) in [7, 11) is 3.95. The van der Waals surface area contributed by atoms with Crippen LogP contribution in [0.5, 0.6) is 0 Å². The van der Waals surface area contributed by atoms with Crippen molar-refractivity contribution in [3.05, 3.63) is 36.7 Å². The van der Waals surface area contributed by atoms with Gasteiger partial charge in [0, 0.05) is 28.1 Å². The Bertz CT molecular complexity index is 778. The van der Waals surface area contributed by atoms with Gasteiger partial charge >= 0.3 is 11.8 Å². The van der Waals surface area contributed by atoms with E-state index in [-0.39, 0.29) is 4.75 Å². The first-order valence-electron chi connectivity index (χ1n) is 8.71. The fourth-order valence-corrected chi connectivity index (χ4v) is 3.17. The first kappa shape index (κ1) is 21.0. The Morgan fingerprint density at radius 3 is 2.22 bits per heavy atom. The summed E-state index contributed by atoms with van der Waals surface area (Å²) >= 11 is 1.74. The van der Waals surface area contributed by atoms with E-state index in [0.29, 0.717) is 17.9 Å². The molecule has 1 heterocycles. The lowest BCUT2D eigenvalue weighted by molar-refractivity contribution is -0.132. The first-order chi connectivity index (χ1) is 12.6. The monoisotopic (exact) mass is 389 g/mol. The lowest BCUT2D eigenvalue weighted by atomic mass is 10.3. The molecule has 0 spiro atoms. The summed E-state index contributed by atoms with van der Waals surface area (Å²) in [6.07, 6.45) is 3.23. The number of nitrogens with zero attached hydrogens (tertiary/aromatic N) is 3. The molecule has 0 fully saturated rings. The second-order valence-corrected chi connectivity index (χ2v) is 9.34. The molecule has 2 N–H and O–H groups in total. The third kappa shape index (κ3) is 7.44. The predicted octanol–water partition coefficient (Wildman–Crippen LogP) is 2.91. The van der Waals surface area contributed by atoms with Gasteiger partial charge in [-0.15, -0.1) is 11.8 Å². The van der Waals surface area contributed by atoms with Crippen molar-refractivity contribution in [3.63, 3.8) is 0 Å². The average molecular weight is 390 g/mol. The van der Waals surface area contributed by atoms with Gasteiger partial charge in [0.05, 0.1) is 18.4 Å². The molecule has 0 atom stereocenters. The standard InChI is InChI=1S/C19H27N5O2S/c1-19(2,3)27-16-8-6-14(7-9-16)21-17(25)18(26)22-15-12-20-24(13-15)11-10-23(4)5/h6-9,12-13H,10-11H2,1-5H3,(H,21,25)(H,22,26). The Morgan fingerprint density at radius 1 is 1.07 bits per heavy atom. The molecular formula is C19H27N5O2S. The lowest BCUT2D eigenvalue weighted by Gasteiger charge is -2.17. The molecule has 0 saturated carbocycles. The number of aromatic nitrogens is 2. The highest BCUT2D eigenvalue weighted by Crippen LogP contribution is 2.32. The highest BCUT2D eigenvalue weighted by molar-refractivity contribution is 8.00. The summed E-state index contributed by atoms with van der Waals surface area (Å²) in [4.78, 5) is 27.3. The Balaban J connectivity index is 1.87. The van der Waals surface area contributed by atoms with Gasteiger partial charge in [-0.25, -0.2) is 0 Å². The number of hydrogen-bond acceptors (Lipinski definition) is 5. The van der Waals surface area contributed by atoms with E-state index >= 15 is 0 Å². The lowest BCUT2D eigenvalue weighted by Crippen LogP contribution is -2.28. The van der Waals surface area contributed by atoms with Crippen molar-refractivity contribution in [2.45, 2.75) is 37.0 Å². The molecule has 2 aromatic rings. The van der Waals surface area contributed by atoms with Gasteiger partial charge in [0.1, 0.15) is 0 Å². The van der Waals surface area contributed by atoms with Crippen LogP contribution in [-0.2, 0) is 16.1 Å². The van der Waals surface area contributed by atoms with E-state index in [2.05, 4.69) is 36.5 Å². The molecule has 0 aliphatic heterocycles. The Morgan fingerprint density at radius 2 is 1.67 bits per heavy atom. The van der Waals surface area contributed by atoms with Crippen LogP contribution in [-0.4, -0.2) is 51.9 Å². The van der Waals surface area contributed by atoms with Crippen LogP contribution in [0.25, 0.3) is 0 Å². The number of likely N-dealkylation sites (N-methyl/N-ethyl adjacent to an activating group) is 1. The SMILES string of the molecule is CN(C)CCn1cc(NC(=O)C(=O)Nc2ccc(SC(C)(C)C)cc2)cn1. The van der Waals surface area contributed by atoms with Gasteiger partial charge in [0.2, 0.25) is 0 Å². The molecule has 2 rings (SSSR count). The fourth-order valence-electron chi connectivity index (χ4n) is 2.19. The Labute approximate surface area is 164 Å². The van der Waals surface area contributed by atoms with E-state index < -0.39 is 11.8 Å². The van der Waals surface area contributed by atoms with Gasteiger partial charge < -0.3 is 15.5 Å². The minimum absolute atomic E-state index is 0.113. The number of benzene rings is 1. The van der Waals surface area contributed by atoms with Crippen molar-refractivity contribution in [3.8, 4) is 0 Å². The van der Waals surface area contributed by atoms with Crippen molar-refractivity contribution < 1.29 is 9.59 Å². The summed E-state index contributed by atoms with van der Waals surface area (Å²) in [6, 6.07) is 7.44. The summed E-state index contributed by atoms with van der Waals surface area (Å²) < 4.78 is 1.83. The molecule has 0 bridgehead atoms. The highest BCUT2D eigenvalue weighted by atomic mass is 32.2. The summed E-state index contributed by atoms with van der Waals surface area (Å²) in [5.41, 5.74) is 1.07. The van der Waals surface area contributed by atoms with Gasteiger partial charge in [0.25, 0.3) is 0 Å². The molecule has 7 nitrogen and oxygen atoms in total. The van der Waals surface area contributed by atoms with Gasteiger partial charge in [-0.3, -0.25) is 14.3 Å². The van der Waals surface area contributed by atoms with Crippen LogP contribution >= 0.6 is 11.8 Å². The molecule has 1 aromatic heterocycles. The third-order valence-electron chi connectivity index (χ3n) is 3.41. The molecule has 8 heteroatoms. The van der Waals surface area contributed by atoms with Crippen LogP contribution in [0.4, 0.5) is 11.4 Å². The molecule has 0 aliphatic carbocycles. The molecular weight excluding hydrogens is 362 g/mol. The Hall–Kier alpha value is -2.32. The van der Waals surface area contributed by atoms with Crippen LogP contribution in [0.2, 0.25) is 0 Å². The molecule has 2 amide bonds. The minimum Gasteiger partial charge on any atom is -0.318 e. The van der Waals surface area contributed by atoms with Crippen LogP contribution < -0.4 is 10.6 Å². The third-order valence-corrected chi connectivity index (χ3v) is 4.53. The topological polar surface area (TPSA) is 79.3 Å². The van der Waals surface area contributed by atoms with Crippen molar-refractivity contribution >= 4 is 35.0 Å². The van der Waals surface area contributed by atoms with Crippen LogP contribution in [0.15, 0.2) is 41.6 Å². The van der Waals surface area contributed by atoms with Gasteiger partial charge in [-0.1, -0.05) is 20.8 Å². The maximum absolute atomic E-state index is 12.1. The smallest absolute Gasteiger partial charge is 0.314 e. The highest BCUT2D eigenvalue weighted by Gasteiger charge is 2.16. The van der Waals surface area contributed by atoms with Crippen molar-refractivity contribution in [2.24, 2.45) is 0 Å². The molecule has 1 aromatic carbocycles. The Kier molecular flexibility index (Phi) is 7.04. The number of amides is 2. The van der Waals surface area contributed by atoms with Crippen LogP contribution in [0.1, 0.15) is 20.8 Å². The molecule has 0 saturated heterocycles. The number of thioether (sulfide) groups is 1. The number of rotatable bonds is 6. The van der Waals surface area contributed by atoms with Crippen LogP contribution in [0.3, 0.4) is 0 Å². The van der Waals surface area contributed by atoms with E-state index in [0.717, 1.165) is 11.4 Å². The average Bonchev–Trinajstić information content (AvgIpc) is 3.01. The maximum Gasteiger partial charge on any atom is 0.314 e. The summed E-state index contributed by atoms with van der Waals surface area (Å²) in [6.45, 7) is 7.95. The second-order valence-electron chi connectivity index (χ2n) is 7.44. The zero-order valence-electron chi connectivity index (χ0n) is 16.4. The zero-order chi connectivity index (χ0) is 20.0. The molecule has 0 radical (unpaired) electrons. The largest absolute Gasteiger partial charge is 0.318 e. The van der Waals surface area contributed by atoms with Crippen molar-refractivity contribution in [2.75, 3.05) is 31.3 Å². The van der Waals surface area contributed by atoms with E-state index in [1.54, 1.807) is 34.8 Å². The van der Waals surface area contributed by atoms with Gasteiger partial charge in [0.15, 0.2) is 0 Å². The predicted molar refractivity (Wildman–Crippen MR) is 110 cm³/mol. The maximum atomic E-state index is 12.1. The van der Waals surface area contributed by atoms with Crippen LogP contribution in [0, 0.1) is 0 Å². The number of hydrogen-bond donors (Lipinski definition) is 2. The number of nitrogens with one attached hydrogen (secondary N) is 2. The van der Waals surface area contributed by atoms with Gasteiger partial charge in [-0.2, -0.15) is 5.10 Å². The number of carbonyl (C=O) groups excluding carboxylic acids is 2. The molecule has 0 aliphatic rings. The van der Waals surface area contributed by atoms with E-state index in [9.17, 15) is 9.59 Å². The van der Waals surface area contributed by atoms with Crippen molar-refractivity contribution in [1.82, 2.24) is 14.7 Å². The first-order valence-corrected chi connectivity index (χ1v) is 9.52. The summed E-state index contributed by atoms with van der Waals surface area (Å²) in [5, 5.41) is 9.33.